The van der Waals surface area contributed by atoms with E-state index in [-0.39, 0.29) is 24.2 Å². The lowest BCUT2D eigenvalue weighted by Gasteiger charge is -2.12. The molecule has 1 aromatic rings. The van der Waals surface area contributed by atoms with Crippen molar-refractivity contribution in [2.24, 2.45) is 7.05 Å². The van der Waals surface area contributed by atoms with Crippen molar-refractivity contribution in [1.82, 2.24) is 9.88 Å². The third-order valence-corrected chi connectivity index (χ3v) is 2.56. The lowest BCUT2D eigenvalue weighted by molar-refractivity contribution is -0.391. The van der Waals surface area contributed by atoms with E-state index in [1.54, 1.807) is 0 Å². The number of rotatable bonds is 5. The second-order valence-corrected chi connectivity index (χ2v) is 3.65. The summed E-state index contributed by atoms with van der Waals surface area (Å²) >= 11 is 0. The van der Waals surface area contributed by atoms with Gasteiger partial charge in [0.25, 0.3) is 5.91 Å². The highest BCUT2D eigenvalue weighted by Gasteiger charge is 2.21. The summed E-state index contributed by atoms with van der Waals surface area (Å²) in [6.07, 6.45) is 0.592. The largest absolute Gasteiger partial charge is 0.394 e. The molecule has 2 N–H and O–H groups in total. The molecule has 0 spiro atoms. The van der Waals surface area contributed by atoms with E-state index in [1.165, 1.54) is 23.7 Å². The van der Waals surface area contributed by atoms with Gasteiger partial charge in [0.2, 0.25) is 0 Å². The van der Waals surface area contributed by atoms with Gasteiger partial charge in [0.15, 0.2) is 5.69 Å². The standard InChI is InChI=1S/C10H15N3O4/c1-3-7(6-14)11-10(15)8-4-5-9(12(8)2)13(16)17/h4-5,7,14H,3,6H2,1-2H3,(H,11,15)/t7-/m1/s1. The predicted octanol–water partition coefficient (Wildman–Crippen LogP) is 0.434. The van der Waals surface area contributed by atoms with Gasteiger partial charge in [-0.05, 0) is 17.4 Å². The van der Waals surface area contributed by atoms with Gasteiger partial charge >= 0.3 is 5.82 Å². The number of carbonyl (C=O) groups is 1. The quantitative estimate of drug-likeness (QED) is 0.577. The number of aliphatic hydroxyl groups is 1. The molecule has 0 fully saturated rings. The monoisotopic (exact) mass is 241 g/mol. The third kappa shape index (κ3) is 2.82. The summed E-state index contributed by atoms with van der Waals surface area (Å²) in [5, 5.41) is 22.2. The van der Waals surface area contributed by atoms with Crippen molar-refractivity contribution in [3.63, 3.8) is 0 Å². The molecule has 94 valence electrons. The second kappa shape index (κ2) is 5.44. The normalized spacial score (nSPS) is 12.2. The smallest absolute Gasteiger partial charge is 0.323 e. The van der Waals surface area contributed by atoms with Crippen LogP contribution in [-0.4, -0.2) is 33.2 Å². The molecule has 0 aliphatic rings. The van der Waals surface area contributed by atoms with Crippen LogP contribution in [0.3, 0.4) is 0 Å². The molecule has 0 saturated heterocycles. The van der Waals surface area contributed by atoms with Gasteiger partial charge in [-0.1, -0.05) is 6.92 Å². The van der Waals surface area contributed by atoms with Crippen LogP contribution in [0.1, 0.15) is 23.8 Å². The number of nitrogens with zero attached hydrogens (tertiary/aromatic N) is 2. The van der Waals surface area contributed by atoms with Crippen LogP contribution < -0.4 is 5.32 Å². The van der Waals surface area contributed by atoms with Gasteiger partial charge in [-0.15, -0.1) is 0 Å². The van der Waals surface area contributed by atoms with Crippen LogP contribution in [0.25, 0.3) is 0 Å². The van der Waals surface area contributed by atoms with Crippen molar-refractivity contribution >= 4 is 11.7 Å². The average molecular weight is 241 g/mol. The fourth-order valence-corrected chi connectivity index (χ4v) is 1.45. The van der Waals surface area contributed by atoms with Crippen LogP contribution in [0.15, 0.2) is 12.1 Å². The molecule has 7 nitrogen and oxygen atoms in total. The van der Waals surface area contributed by atoms with E-state index in [4.69, 9.17) is 5.11 Å². The van der Waals surface area contributed by atoms with E-state index in [9.17, 15) is 14.9 Å². The summed E-state index contributed by atoms with van der Waals surface area (Å²) < 4.78 is 1.21. The zero-order valence-corrected chi connectivity index (χ0v) is 9.71. The molecular formula is C10H15N3O4. The van der Waals surface area contributed by atoms with Crippen LogP contribution in [0.4, 0.5) is 5.82 Å². The maximum atomic E-state index is 11.8. The Morgan fingerprint density at radius 3 is 2.71 bits per heavy atom. The summed E-state index contributed by atoms with van der Waals surface area (Å²) in [4.78, 5) is 21.8. The van der Waals surface area contributed by atoms with Gasteiger partial charge in [0, 0.05) is 6.07 Å². The summed E-state index contributed by atoms with van der Waals surface area (Å²) in [5.41, 5.74) is 0.198. The van der Waals surface area contributed by atoms with Gasteiger partial charge < -0.3 is 20.5 Å². The summed E-state index contributed by atoms with van der Waals surface area (Å²) in [6, 6.07) is 2.32. The Hall–Kier alpha value is -1.89. The van der Waals surface area contributed by atoms with E-state index < -0.39 is 10.8 Å². The number of nitro groups is 1. The van der Waals surface area contributed by atoms with Gasteiger partial charge in [0.1, 0.15) is 0 Å². The fraction of sp³-hybridized carbons (Fsp3) is 0.500. The van der Waals surface area contributed by atoms with Crippen molar-refractivity contribution in [2.75, 3.05) is 6.61 Å². The molecule has 17 heavy (non-hydrogen) atoms. The Balaban J connectivity index is 2.86. The molecule has 1 heterocycles. The Labute approximate surface area is 98.2 Å². The molecular weight excluding hydrogens is 226 g/mol. The molecule has 0 unspecified atom stereocenters. The van der Waals surface area contributed by atoms with E-state index in [0.717, 1.165) is 0 Å². The van der Waals surface area contributed by atoms with Crippen molar-refractivity contribution in [3.05, 3.63) is 27.9 Å². The Kier molecular flexibility index (Phi) is 4.22. The van der Waals surface area contributed by atoms with Crippen molar-refractivity contribution in [2.45, 2.75) is 19.4 Å². The molecule has 0 saturated carbocycles. The number of aliphatic hydroxyl groups excluding tert-OH is 1. The first-order valence-corrected chi connectivity index (χ1v) is 5.23. The predicted molar refractivity (Wildman–Crippen MR) is 60.7 cm³/mol. The molecule has 0 aliphatic carbocycles. The highest BCUT2D eigenvalue weighted by Crippen LogP contribution is 2.14. The third-order valence-electron chi connectivity index (χ3n) is 2.56. The number of hydrogen-bond donors (Lipinski definition) is 2. The van der Waals surface area contributed by atoms with Gasteiger partial charge in [-0.2, -0.15) is 0 Å². The van der Waals surface area contributed by atoms with E-state index >= 15 is 0 Å². The number of carbonyl (C=O) groups excluding carboxylic acids is 1. The van der Waals surface area contributed by atoms with Gasteiger partial charge in [-0.25, -0.2) is 4.57 Å². The van der Waals surface area contributed by atoms with Crippen molar-refractivity contribution in [3.8, 4) is 0 Å². The van der Waals surface area contributed by atoms with E-state index in [1.807, 2.05) is 6.92 Å². The van der Waals surface area contributed by atoms with Crippen molar-refractivity contribution in [1.29, 1.82) is 0 Å². The van der Waals surface area contributed by atoms with Crippen LogP contribution >= 0.6 is 0 Å². The summed E-state index contributed by atoms with van der Waals surface area (Å²) in [6.45, 7) is 1.67. The molecule has 1 atom stereocenters. The number of hydrogen-bond acceptors (Lipinski definition) is 4. The maximum Gasteiger partial charge on any atom is 0.323 e. The molecule has 0 radical (unpaired) electrons. The first kappa shape index (κ1) is 13.2. The topological polar surface area (TPSA) is 97.4 Å². The molecule has 0 bridgehead atoms. The summed E-state index contributed by atoms with van der Waals surface area (Å²) in [5.74, 6) is -0.575. The van der Waals surface area contributed by atoms with Crippen LogP contribution in [0.5, 0.6) is 0 Å². The number of nitrogens with one attached hydrogen (secondary N) is 1. The highest BCUT2D eigenvalue weighted by molar-refractivity contribution is 5.93. The Morgan fingerprint density at radius 2 is 2.29 bits per heavy atom. The lowest BCUT2D eigenvalue weighted by atomic mass is 10.2. The lowest BCUT2D eigenvalue weighted by Crippen LogP contribution is -2.37. The fourth-order valence-electron chi connectivity index (χ4n) is 1.45. The first-order chi connectivity index (χ1) is 8.01. The highest BCUT2D eigenvalue weighted by atomic mass is 16.6. The second-order valence-electron chi connectivity index (χ2n) is 3.65. The zero-order valence-electron chi connectivity index (χ0n) is 9.71. The zero-order chi connectivity index (χ0) is 13.0. The Morgan fingerprint density at radius 1 is 1.65 bits per heavy atom. The van der Waals surface area contributed by atoms with E-state index in [0.29, 0.717) is 6.42 Å². The molecule has 7 heteroatoms. The first-order valence-electron chi connectivity index (χ1n) is 5.23. The SMILES string of the molecule is CC[C@H](CO)NC(=O)c1ccc([N+](=O)[O-])n1C. The molecule has 1 rings (SSSR count). The van der Waals surface area contributed by atoms with Crippen LogP contribution in [0.2, 0.25) is 0 Å². The minimum Gasteiger partial charge on any atom is -0.394 e. The summed E-state index contributed by atoms with van der Waals surface area (Å²) in [7, 11) is 1.45. The minimum absolute atomic E-state index is 0.146. The van der Waals surface area contributed by atoms with Crippen LogP contribution in [0, 0.1) is 10.1 Å². The molecule has 1 aromatic heterocycles. The Bertz CT molecular complexity index is 423. The van der Waals surface area contributed by atoms with Crippen LogP contribution in [-0.2, 0) is 7.05 Å². The number of amides is 1. The van der Waals surface area contributed by atoms with E-state index in [2.05, 4.69) is 5.32 Å². The molecule has 0 aromatic carbocycles. The average Bonchev–Trinajstić information content (AvgIpc) is 2.67. The molecule has 0 aliphatic heterocycles. The van der Waals surface area contributed by atoms with Gasteiger partial charge in [-0.3, -0.25) is 4.79 Å². The number of aromatic nitrogens is 1. The van der Waals surface area contributed by atoms with Gasteiger partial charge in [0.05, 0.1) is 19.7 Å². The minimum atomic E-state index is -0.555. The maximum absolute atomic E-state index is 11.8. The van der Waals surface area contributed by atoms with Crippen molar-refractivity contribution < 1.29 is 14.8 Å². The molecule has 1 amide bonds.